The van der Waals surface area contributed by atoms with Gasteiger partial charge in [0, 0.05) is 22.3 Å². The van der Waals surface area contributed by atoms with Crippen LogP contribution in [0.3, 0.4) is 0 Å². The maximum Gasteiger partial charge on any atom is 0.262 e. The zero-order chi connectivity index (χ0) is 18.9. The molecule has 26 heavy (non-hydrogen) atoms. The van der Waals surface area contributed by atoms with Crippen LogP contribution in [-0.2, 0) is 4.79 Å². The molecule has 2 rings (SSSR count). The summed E-state index contributed by atoms with van der Waals surface area (Å²) in [6, 6.07) is 12.4. The number of carbonyl (C=O) groups is 2. The normalized spacial score (nSPS) is 10.3. The lowest BCUT2D eigenvalue weighted by atomic mass is 10.2. The van der Waals surface area contributed by atoms with E-state index in [-0.39, 0.29) is 18.4 Å². The smallest absolute Gasteiger partial charge is 0.262 e. The summed E-state index contributed by atoms with van der Waals surface area (Å²) in [7, 11) is 0. The van der Waals surface area contributed by atoms with E-state index in [1.807, 2.05) is 25.1 Å². The molecule has 0 fully saturated rings. The van der Waals surface area contributed by atoms with Crippen molar-refractivity contribution in [3.05, 3.63) is 58.1 Å². The molecule has 0 saturated carbocycles. The van der Waals surface area contributed by atoms with Crippen LogP contribution in [0.15, 0.2) is 46.9 Å². The number of carbonyl (C=O) groups excluding carboxylic acids is 2. The van der Waals surface area contributed by atoms with E-state index in [1.165, 1.54) is 0 Å². The lowest BCUT2D eigenvalue weighted by molar-refractivity contribution is -0.118. The third-order valence-electron chi connectivity index (χ3n) is 3.74. The van der Waals surface area contributed by atoms with Gasteiger partial charge < -0.3 is 15.4 Å². The van der Waals surface area contributed by atoms with Crippen molar-refractivity contribution in [2.24, 2.45) is 0 Å². The first-order valence-corrected chi connectivity index (χ1v) is 9.36. The van der Waals surface area contributed by atoms with Crippen LogP contribution >= 0.6 is 15.9 Å². The van der Waals surface area contributed by atoms with E-state index in [4.69, 9.17) is 4.74 Å². The van der Waals surface area contributed by atoms with Crippen molar-refractivity contribution in [2.45, 2.75) is 26.7 Å². The molecule has 0 aliphatic heterocycles. The average Bonchev–Trinajstić information content (AvgIpc) is 2.61. The highest BCUT2D eigenvalue weighted by molar-refractivity contribution is 9.10. The third-order valence-corrected chi connectivity index (χ3v) is 4.24. The van der Waals surface area contributed by atoms with Crippen molar-refractivity contribution in [1.82, 2.24) is 5.32 Å². The maximum atomic E-state index is 12.0. The lowest BCUT2D eigenvalue weighted by Crippen LogP contribution is -2.24. The molecule has 0 saturated heterocycles. The minimum atomic E-state index is -0.257. The molecule has 0 radical (unpaired) electrons. The Kier molecular flexibility index (Phi) is 7.66. The van der Waals surface area contributed by atoms with Crippen molar-refractivity contribution in [2.75, 3.05) is 18.5 Å². The summed E-state index contributed by atoms with van der Waals surface area (Å²) in [4.78, 5) is 24.0. The molecule has 0 aromatic heterocycles. The van der Waals surface area contributed by atoms with Gasteiger partial charge in [0.25, 0.3) is 11.8 Å². The standard InChI is InChI=1S/C20H23BrN2O3/c1-3-4-11-22-20(25)15-5-8-17(9-6-15)23-19(24)13-26-18-10-7-16(21)12-14(18)2/h5-10,12H,3-4,11,13H2,1-2H3,(H,22,25)(H,23,24). The zero-order valence-corrected chi connectivity index (χ0v) is 16.6. The van der Waals surface area contributed by atoms with Crippen molar-refractivity contribution >= 4 is 33.4 Å². The Balaban J connectivity index is 1.84. The molecule has 0 aliphatic rings. The maximum absolute atomic E-state index is 12.0. The van der Waals surface area contributed by atoms with Crippen LogP contribution < -0.4 is 15.4 Å². The topological polar surface area (TPSA) is 67.4 Å². The first kappa shape index (κ1) is 20.0. The first-order valence-electron chi connectivity index (χ1n) is 8.56. The average molecular weight is 419 g/mol. The molecule has 0 unspecified atom stereocenters. The van der Waals surface area contributed by atoms with Crippen molar-refractivity contribution < 1.29 is 14.3 Å². The van der Waals surface area contributed by atoms with E-state index in [1.54, 1.807) is 24.3 Å². The van der Waals surface area contributed by atoms with Crippen LogP contribution in [0.25, 0.3) is 0 Å². The second-order valence-electron chi connectivity index (χ2n) is 5.93. The van der Waals surface area contributed by atoms with Gasteiger partial charge in [-0.25, -0.2) is 0 Å². The van der Waals surface area contributed by atoms with Crippen LogP contribution in [0.2, 0.25) is 0 Å². The number of anilines is 1. The largest absolute Gasteiger partial charge is 0.483 e. The SMILES string of the molecule is CCCCNC(=O)c1ccc(NC(=O)COc2ccc(Br)cc2C)cc1. The number of amides is 2. The molecule has 0 bridgehead atoms. The van der Waals surface area contributed by atoms with E-state index in [9.17, 15) is 9.59 Å². The Hall–Kier alpha value is -2.34. The van der Waals surface area contributed by atoms with Gasteiger partial charge in [-0.15, -0.1) is 0 Å². The number of halogens is 1. The van der Waals surface area contributed by atoms with Crippen LogP contribution in [0.1, 0.15) is 35.7 Å². The number of unbranched alkanes of at least 4 members (excludes halogenated alkanes) is 1. The molecule has 0 spiro atoms. The molecule has 6 heteroatoms. The molecule has 2 N–H and O–H groups in total. The quantitative estimate of drug-likeness (QED) is 0.627. The van der Waals surface area contributed by atoms with Crippen LogP contribution in [0.4, 0.5) is 5.69 Å². The minimum absolute atomic E-state index is 0.0816. The van der Waals surface area contributed by atoms with Gasteiger partial charge in [0.15, 0.2) is 6.61 Å². The molecule has 0 atom stereocenters. The molecule has 2 aromatic rings. The fourth-order valence-corrected chi connectivity index (χ4v) is 2.78. The van der Waals surface area contributed by atoms with Gasteiger partial charge in [0.1, 0.15) is 5.75 Å². The molecule has 0 heterocycles. The Morgan fingerprint density at radius 3 is 2.50 bits per heavy atom. The van der Waals surface area contributed by atoms with Gasteiger partial charge in [-0.1, -0.05) is 29.3 Å². The second-order valence-corrected chi connectivity index (χ2v) is 6.85. The number of ether oxygens (including phenoxy) is 1. The van der Waals surface area contributed by atoms with Crippen LogP contribution in [0, 0.1) is 6.92 Å². The summed E-state index contributed by atoms with van der Waals surface area (Å²) in [5.41, 5.74) is 2.14. The first-order chi connectivity index (χ1) is 12.5. The number of nitrogens with one attached hydrogen (secondary N) is 2. The van der Waals surface area contributed by atoms with E-state index in [2.05, 4.69) is 33.5 Å². The lowest BCUT2D eigenvalue weighted by Gasteiger charge is -2.10. The fourth-order valence-electron chi connectivity index (χ4n) is 2.30. The van der Waals surface area contributed by atoms with Gasteiger partial charge in [0.05, 0.1) is 0 Å². The predicted molar refractivity (Wildman–Crippen MR) is 107 cm³/mol. The van der Waals surface area contributed by atoms with Gasteiger partial charge in [-0.2, -0.15) is 0 Å². The van der Waals surface area contributed by atoms with E-state index >= 15 is 0 Å². The van der Waals surface area contributed by atoms with Gasteiger partial charge >= 0.3 is 0 Å². The molecular formula is C20H23BrN2O3. The molecular weight excluding hydrogens is 396 g/mol. The summed E-state index contributed by atoms with van der Waals surface area (Å²) in [5.74, 6) is 0.306. The highest BCUT2D eigenvalue weighted by Crippen LogP contribution is 2.22. The molecule has 2 amide bonds. The van der Waals surface area contributed by atoms with Crippen molar-refractivity contribution in [3.63, 3.8) is 0 Å². The zero-order valence-electron chi connectivity index (χ0n) is 15.0. The monoisotopic (exact) mass is 418 g/mol. The Morgan fingerprint density at radius 2 is 1.85 bits per heavy atom. The predicted octanol–water partition coefficient (Wildman–Crippen LogP) is 4.30. The summed E-state index contributed by atoms with van der Waals surface area (Å²) in [6.07, 6.45) is 1.99. The number of aryl methyl sites for hydroxylation is 1. The van der Waals surface area contributed by atoms with E-state index in [0.717, 1.165) is 22.9 Å². The summed E-state index contributed by atoms with van der Waals surface area (Å²) >= 11 is 3.39. The number of rotatable bonds is 8. The Bertz CT molecular complexity index is 760. The summed E-state index contributed by atoms with van der Waals surface area (Å²) < 4.78 is 6.51. The molecule has 138 valence electrons. The number of hydrogen-bond acceptors (Lipinski definition) is 3. The Labute approximate surface area is 162 Å². The highest BCUT2D eigenvalue weighted by atomic mass is 79.9. The van der Waals surface area contributed by atoms with Gasteiger partial charge in [0.2, 0.25) is 0 Å². The van der Waals surface area contributed by atoms with Gasteiger partial charge in [-0.3, -0.25) is 9.59 Å². The highest BCUT2D eigenvalue weighted by Gasteiger charge is 2.08. The Morgan fingerprint density at radius 1 is 1.12 bits per heavy atom. The van der Waals surface area contributed by atoms with Gasteiger partial charge in [-0.05, 0) is 61.4 Å². The second kappa shape index (κ2) is 9.97. The van der Waals surface area contributed by atoms with Crippen molar-refractivity contribution in [1.29, 1.82) is 0 Å². The number of benzene rings is 2. The molecule has 2 aromatic carbocycles. The van der Waals surface area contributed by atoms with Crippen molar-refractivity contribution in [3.8, 4) is 5.75 Å². The summed E-state index contributed by atoms with van der Waals surface area (Å²) in [6.45, 7) is 4.58. The molecule has 5 nitrogen and oxygen atoms in total. The summed E-state index contributed by atoms with van der Waals surface area (Å²) in [5, 5.41) is 5.61. The van der Waals surface area contributed by atoms with Crippen LogP contribution in [-0.4, -0.2) is 25.0 Å². The van der Waals surface area contributed by atoms with Crippen LogP contribution in [0.5, 0.6) is 5.75 Å². The molecule has 0 aliphatic carbocycles. The third kappa shape index (κ3) is 6.19. The fraction of sp³-hybridized carbons (Fsp3) is 0.300. The van der Waals surface area contributed by atoms with E-state index in [0.29, 0.717) is 23.5 Å². The van der Waals surface area contributed by atoms with E-state index < -0.39 is 0 Å². The number of hydrogen-bond donors (Lipinski definition) is 2. The minimum Gasteiger partial charge on any atom is -0.483 e.